The maximum absolute atomic E-state index is 13.6. The molecule has 0 aliphatic carbocycles. The summed E-state index contributed by atoms with van der Waals surface area (Å²) in [5, 5.41) is 0. The van der Waals surface area contributed by atoms with Crippen molar-refractivity contribution in [1.82, 2.24) is 4.31 Å². The summed E-state index contributed by atoms with van der Waals surface area (Å²) in [6.07, 6.45) is 0. The van der Waals surface area contributed by atoms with E-state index in [-0.39, 0.29) is 19.7 Å². The minimum absolute atomic E-state index is 0.0301. The Morgan fingerprint density at radius 3 is 2.35 bits per heavy atom. The lowest BCUT2D eigenvalue weighted by Crippen LogP contribution is -2.32. The molecule has 0 N–H and O–H groups in total. The van der Waals surface area contributed by atoms with Crippen LogP contribution in [0.25, 0.3) is 0 Å². The molecule has 0 atom stereocenters. The molecule has 0 saturated heterocycles. The van der Waals surface area contributed by atoms with E-state index in [4.69, 9.17) is 9.47 Å². The van der Waals surface area contributed by atoms with Crippen LogP contribution in [0.1, 0.15) is 16.7 Å². The molecule has 1 aliphatic rings. The van der Waals surface area contributed by atoms with Crippen LogP contribution in [0.2, 0.25) is 0 Å². The fraction of sp³-hybridized carbons (Fsp3) is 0.217. The Bertz CT molecular complexity index is 1150. The van der Waals surface area contributed by atoms with E-state index in [1.54, 1.807) is 6.07 Å². The molecular weight excluding hydrogens is 424 g/mol. The van der Waals surface area contributed by atoms with Crippen LogP contribution in [0.5, 0.6) is 5.75 Å². The lowest BCUT2D eigenvalue weighted by molar-refractivity contribution is 0.107. The zero-order chi connectivity index (χ0) is 21.8. The SMILES string of the molecule is O=S(=O)(c1cc(F)cc(F)c1)N1CCOc2ccc(COCc3ccccc3)cc2C1. The Labute approximate surface area is 179 Å². The molecule has 0 amide bonds. The van der Waals surface area contributed by atoms with Crippen LogP contribution in [0, 0.1) is 11.6 Å². The van der Waals surface area contributed by atoms with Crippen LogP contribution < -0.4 is 4.74 Å². The minimum atomic E-state index is -4.10. The van der Waals surface area contributed by atoms with Gasteiger partial charge in [0.25, 0.3) is 0 Å². The Morgan fingerprint density at radius 1 is 0.903 bits per heavy atom. The Morgan fingerprint density at radius 2 is 1.61 bits per heavy atom. The topological polar surface area (TPSA) is 55.8 Å². The fourth-order valence-electron chi connectivity index (χ4n) is 3.41. The molecule has 162 valence electrons. The van der Waals surface area contributed by atoms with Crippen molar-refractivity contribution in [2.45, 2.75) is 24.7 Å². The van der Waals surface area contributed by atoms with E-state index in [9.17, 15) is 17.2 Å². The van der Waals surface area contributed by atoms with E-state index in [0.29, 0.717) is 30.6 Å². The molecule has 1 aliphatic heterocycles. The Kier molecular flexibility index (Phi) is 6.31. The lowest BCUT2D eigenvalue weighted by atomic mass is 10.1. The van der Waals surface area contributed by atoms with Crippen molar-refractivity contribution < 1.29 is 26.7 Å². The second-order valence-corrected chi connectivity index (χ2v) is 9.15. The van der Waals surface area contributed by atoms with E-state index in [0.717, 1.165) is 23.3 Å². The molecule has 0 fully saturated rings. The summed E-state index contributed by atoms with van der Waals surface area (Å²) in [6.45, 7) is 1.04. The first-order valence-electron chi connectivity index (χ1n) is 9.74. The third-order valence-corrected chi connectivity index (χ3v) is 6.75. The quantitative estimate of drug-likeness (QED) is 0.569. The zero-order valence-corrected chi connectivity index (χ0v) is 17.4. The van der Waals surface area contributed by atoms with Crippen molar-refractivity contribution >= 4 is 10.0 Å². The van der Waals surface area contributed by atoms with Crippen LogP contribution in [0.3, 0.4) is 0 Å². The predicted molar refractivity (Wildman–Crippen MR) is 111 cm³/mol. The molecule has 31 heavy (non-hydrogen) atoms. The van der Waals surface area contributed by atoms with Crippen LogP contribution >= 0.6 is 0 Å². The zero-order valence-electron chi connectivity index (χ0n) is 16.6. The molecule has 0 spiro atoms. The van der Waals surface area contributed by atoms with E-state index < -0.39 is 26.6 Å². The second kappa shape index (κ2) is 9.13. The van der Waals surface area contributed by atoms with Gasteiger partial charge in [-0.05, 0) is 35.4 Å². The van der Waals surface area contributed by atoms with Gasteiger partial charge in [-0.25, -0.2) is 17.2 Å². The number of rotatable bonds is 6. The molecule has 1 heterocycles. The number of halogens is 2. The molecule has 4 rings (SSSR count). The average Bonchev–Trinajstić information content (AvgIpc) is 2.96. The van der Waals surface area contributed by atoms with Crippen molar-refractivity contribution in [3.8, 4) is 5.75 Å². The molecule has 3 aromatic rings. The summed E-state index contributed by atoms with van der Waals surface area (Å²) in [7, 11) is -4.10. The molecule has 8 heteroatoms. The van der Waals surface area contributed by atoms with Crippen molar-refractivity contribution in [1.29, 1.82) is 0 Å². The molecule has 0 aromatic heterocycles. The Balaban J connectivity index is 1.51. The van der Waals surface area contributed by atoms with Gasteiger partial charge in [0, 0.05) is 24.7 Å². The number of benzene rings is 3. The normalized spacial score (nSPS) is 14.5. The first-order valence-corrected chi connectivity index (χ1v) is 11.2. The average molecular weight is 445 g/mol. The highest BCUT2D eigenvalue weighted by Gasteiger charge is 2.28. The third-order valence-electron chi connectivity index (χ3n) is 4.92. The summed E-state index contributed by atoms with van der Waals surface area (Å²) < 4.78 is 65.7. The van der Waals surface area contributed by atoms with Crippen LogP contribution in [-0.2, 0) is 34.5 Å². The van der Waals surface area contributed by atoms with Gasteiger partial charge in [-0.3, -0.25) is 0 Å². The number of hydrogen-bond donors (Lipinski definition) is 0. The minimum Gasteiger partial charge on any atom is -0.492 e. The third kappa shape index (κ3) is 5.10. The summed E-state index contributed by atoms with van der Waals surface area (Å²) in [6, 6.07) is 17.5. The van der Waals surface area contributed by atoms with Gasteiger partial charge >= 0.3 is 0 Å². The van der Waals surface area contributed by atoms with Crippen molar-refractivity contribution in [3.63, 3.8) is 0 Å². The summed E-state index contributed by atoms with van der Waals surface area (Å²) in [5.74, 6) is -1.30. The van der Waals surface area contributed by atoms with Crippen molar-refractivity contribution in [3.05, 3.63) is 95.1 Å². The maximum Gasteiger partial charge on any atom is 0.243 e. The van der Waals surface area contributed by atoms with Gasteiger partial charge in [0.05, 0.1) is 18.1 Å². The fourth-order valence-corrected chi connectivity index (χ4v) is 4.85. The maximum atomic E-state index is 13.6. The van der Waals surface area contributed by atoms with Gasteiger partial charge in [0.15, 0.2) is 0 Å². The predicted octanol–water partition coefficient (Wildman–Crippen LogP) is 4.26. The highest BCUT2D eigenvalue weighted by Crippen LogP contribution is 2.28. The van der Waals surface area contributed by atoms with Gasteiger partial charge in [-0.2, -0.15) is 4.31 Å². The number of hydrogen-bond acceptors (Lipinski definition) is 4. The van der Waals surface area contributed by atoms with E-state index in [2.05, 4.69) is 0 Å². The summed E-state index contributed by atoms with van der Waals surface area (Å²) in [5.41, 5.74) is 2.59. The molecule has 0 radical (unpaired) electrons. The first kappa shape index (κ1) is 21.4. The standard InChI is InChI=1S/C23H21F2NO4S/c24-20-11-21(25)13-22(12-20)31(27,28)26-8-9-30-23-7-6-18(10-19(23)14-26)16-29-15-17-4-2-1-3-5-17/h1-7,10-13H,8-9,14-16H2. The smallest absolute Gasteiger partial charge is 0.243 e. The Hall–Kier alpha value is -2.81. The molecule has 0 unspecified atom stereocenters. The summed E-state index contributed by atoms with van der Waals surface area (Å²) >= 11 is 0. The number of ether oxygens (including phenoxy) is 2. The number of nitrogens with zero attached hydrogens (tertiary/aromatic N) is 1. The largest absolute Gasteiger partial charge is 0.492 e. The molecular formula is C23H21F2NO4S. The van der Waals surface area contributed by atoms with Crippen LogP contribution in [-0.4, -0.2) is 25.9 Å². The monoisotopic (exact) mass is 445 g/mol. The summed E-state index contributed by atoms with van der Waals surface area (Å²) in [4.78, 5) is -0.421. The van der Waals surface area contributed by atoms with Gasteiger partial charge < -0.3 is 9.47 Å². The number of fused-ring (bicyclic) bond motifs is 1. The van der Waals surface area contributed by atoms with Crippen molar-refractivity contribution in [2.24, 2.45) is 0 Å². The van der Waals surface area contributed by atoms with Crippen LogP contribution in [0.4, 0.5) is 8.78 Å². The molecule has 5 nitrogen and oxygen atoms in total. The van der Waals surface area contributed by atoms with E-state index >= 15 is 0 Å². The highest BCUT2D eigenvalue weighted by atomic mass is 32.2. The van der Waals surface area contributed by atoms with Gasteiger partial charge in [0.1, 0.15) is 24.0 Å². The van der Waals surface area contributed by atoms with Gasteiger partial charge in [-0.1, -0.05) is 36.4 Å². The van der Waals surface area contributed by atoms with E-state index in [1.807, 2.05) is 42.5 Å². The lowest BCUT2D eigenvalue weighted by Gasteiger charge is -2.20. The number of sulfonamides is 1. The van der Waals surface area contributed by atoms with Crippen molar-refractivity contribution in [2.75, 3.05) is 13.2 Å². The molecule has 3 aromatic carbocycles. The highest BCUT2D eigenvalue weighted by molar-refractivity contribution is 7.89. The molecule has 0 bridgehead atoms. The molecule has 0 saturated carbocycles. The van der Waals surface area contributed by atoms with Crippen LogP contribution in [0.15, 0.2) is 71.6 Å². The van der Waals surface area contributed by atoms with E-state index in [1.165, 1.54) is 4.31 Å². The van der Waals surface area contributed by atoms with Gasteiger partial charge in [-0.15, -0.1) is 0 Å². The first-order chi connectivity index (χ1) is 14.9. The second-order valence-electron chi connectivity index (χ2n) is 7.21. The van der Waals surface area contributed by atoms with Gasteiger partial charge in [0.2, 0.25) is 10.0 Å².